The van der Waals surface area contributed by atoms with E-state index in [-0.39, 0.29) is 49.5 Å². The Morgan fingerprint density at radius 2 is 0.831 bits per heavy atom. The molecular formula is C75H96N14O29. The lowest BCUT2D eigenvalue weighted by Gasteiger charge is -2.30. The van der Waals surface area contributed by atoms with Gasteiger partial charge in [-0.25, -0.2) is 4.79 Å². The third kappa shape index (κ3) is 32.3. The number of hydrogen-bond donors (Lipinski definition) is 22. The molecule has 0 radical (unpaired) electrons. The number of para-hydroxylation sites is 1. The number of amides is 12. The van der Waals surface area contributed by atoms with Gasteiger partial charge in [0.15, 0.2) is 0 Å². The zero-order chi connectivity index (χ0) is 87.6. The van der Waals surface area contributed by atoms with Crippen molar-refractivity contribution >= 4 is 130 Å². The number of aromatic nitrogens is 1. The van der Waals surface area contributed by atoms with E-state index < -0.39 is 288 Å². The van der Waals surface area contributed by atoms with Gasteiger partial charge in [0.05, 0.1) is 25.4 Å². The number of hydrogen-bond acceptors (Lipinski definition) is 22. The molecule has 0 unspecified atom stereocenters. The number of fused-ring (bicyclic) bond motifs is 1. The Morgan fingerprint density at radius 1 is 0.424 bits per heavy atom. The van der Waals surface area contributed by atoms with Crippen LogP contribution in [0.5, 0.6) is 5.75 Å². The minimum absolute atomic E-state index is 0.0554. The fourth-order valence-electron chi connectivity index (χ4n) is 12.4. The summed E-state index contributed by atoms with van der Waals surface area (Å²) < 4.78 is 0. The van der Waals surface area contributed by atoms with Crippen LogP contribution in [0.1, 0.15) is 127 Å². The molecule has 118 heavy (non-hydrogen) atoms. The minimum atomic E-state index is -2.14. The topological polar surface area (TPSA) is 701 Å². The maximum Gasteiger partial charge on any atom is 0.326 e. The molecule has 0 spiro atoms. The Morgan fingerprint density at radius 3 is 1.35 bits per heavy atom. The third-order valence-corrected chi connectivity index (χ3v) is 18.4. The predicted molar refractivity (Wildman–Crippen MR) is 405 cm³/mol. The van der Waals surface area contributed by atoms with Crippen molar-refractivity contribution in [1.82, 2.24) is 68.4 Å². The lowest BCUT2D eigenvalue weighted by molar-refractivity contribution is -0.144. The van der Waals surface area contributed by atoms with Gasteiger partial charge >= 0.3 is 47.8 Å². The van der Waals surface area contributed by atoms with Crippen molar-refractivity contribution in [3.05, 3.63) is 102 Å². The zero-order valence-corrected chi connectivity index (χ0v) is 63.9. The van der Waals surface area contributed by atoms with Crippen molar-refractivity contribution < 1.29 is 142 Å². The number of carbonyl (C=O) groups excluding carboxylic acids is 12. The first kappa shape index (κ1) is 95.0. The van der Waals surface area contributed by atoms with Gasteiger partial charge in [-0.15, -0.1) is 0 Å². The van der Waals surface area contributed by atoms with Gasteiger partial charge in [-0.05, 0) is 92.2 Å². The van der Waals surface area contributed by atoms with Crippen molar-refractivity contribution in [3.63, 3.8) is 0 Å². The molecule has 12 atom stereocenters. The number of nitrogens with one attached hydrogen (secondary N) is 12. The highest BCUT2D eigenvalue weighted by molar-refractivity contribution is 6.01. The molecule has 12 amide bonds. The number of H-pyrrole nitrogens is 1. The van der Waals surface area contributed by atoms with Crippen LogP contribution in [0.3, 0.4) is 0 Å². The maximum absolute atomic E-state index is 14.9. The van der Waals surface area contributed by atoms with E-state index in [1.165, 1.54) is 42.6 Å². The van der Waals surface area contributed by atoms with Crippen LogP contribution in [0, 0.1) is 5.92 Å². The summed E-state index contributed by atoms with van der Waals surface area (Å²) in [4.78, 5) is 268. The van der Waals surface area contributed by atoms with E-state index in [2.05, 4.69) is 63.5 Å². The monoisotopic (exact) mass is 1660 g/mol. The number of carboxylic acid groups (broad SMARTS) is 8. The van der Waals surface area contributed by atoms with Gasteiger partial charge in [0.2, 0.25) is 70.9 Å². The highest BCUT2D eigenvalue weighted by Gasteiger charge is 2.42. The Kier molecular flexibility index (Phi) is 37.5. The van der Waals surface area contributed by atoms with E-state index in [1.807, 2.05) is 0 Å². The summed E-state index contributed by atoms with van der Waals surface area (Å²) in [6.45, 7) is 1.94. The fraction of sp³-hybridized carbons (Fsp3) is 0.467. The first-order valence-corrected chi connectivity index (χ1v) is 37.2. The summed E-state index contributed by atoms with van der Waals surface area (Å²) in [7, 11) is 0. The van der Waals surface area contributed by atoms with Crippen LogP contribution < -0.4 is 64.2 Å². The van der Waals surface area contributed by atoms with Crippen LogP contribution in [0.15, 0.2) is 85.1 Å². The molecule has 3 aromatic carbocycles. The molecule has 0 saturated carbocycles. The number of carboxylic acids is 8. The number of phenols is 1. The average Bonchev–Trinajstić information content (AvgIpc) is 1.65. The Labute approximate surface area is 671 Å². The Balaban J connectivity index is 1.39. The molecule has 1 saturated heterocycles. The van der Waals surface area contributed by atoms with Crippen LogP contribution in [-0.4, -0.2) is 260 Å². The quantitative estimate of drug-likeness (QED) is 0.0205. The summed E-state index contributed by atoms with van der Waals surface area (Å²) >= 11 is 0. The largest absolute Gasteiger partial charge is 0.508 e. The van der Waals surface area contributed by atoms with Gasteiger partial charge in [-0.3, -0.25) is 91.1 Å². The Hall–Kier alpha value is -13.6. The number of aromatic hydroxyl groups is 1. The second kappa shape index (κ2) is 46.7. The number of carbonyl (C=O) groups is 20. The summed E-state index contributed by atoms with van der Waals surface area (Å²) in [5, 5.41) is 113. The van der Waals surface area contributed by atoms with Crippen molar-refractivity contribution in [1.29, 1.82) is 0 Å². The molecule has 2 heterocycles. The first-order valence-electron chi connectivity index (χ1n) is 37.2. The second-order valence-electron chi connectivity index (χ2n) is 28.1. The molecule has 1 aliphatic heterocycles. The number of nitrogens with two attached hydrogens (primary N) is 1. The van der Waals surface area contributed by atoms with Crippen molar-refractivity contribution in [2.45, 2.75) is 202 Å². The molecule has 1 fully saturated rings. The number of aromatic amines is 1. The zero-order valence-electron chi connectivity index (χ0n) is 63.9. The van der Waals surface area contributed by atoms with Crippen molar-refractivity contribution in [2.75, 3.05) is 13.1 Å². The number of nitrogens with zero attached hydrogens (tertiary/aromatic N) is 1. The molecule has 4 aromatic rings. The molecule has 640 valence electrons. The van der Waals surface area contributed by atoms with Gasteiger partial charge in [0, 0.05) is 75.0 Å². The van der Waals surface area contributed by atoms with E-state index in [0.717, 1.165) is 4.90 Å². The average molecular weight is 1660 g/mol. The van der Waals surface area contributed by atoms with Gasteiger partial charge in [0.1, 0.15) is 72.2 Å². The number of rotatable bonds is 51. The highest BCUT2D eigenvalue weighted by atomic mass is 16.4. The van der Waals surface area contributed by atoms with Crippen LogP contribution >= 0.6 is 0 Å². The number of benzene rings is 3. The third-order valence-electron chi connectivity index (χ3n) is 18.4. The molecule has 0 aliphatic carbocycles. The molecule has 0 bridgehead atoms. The second-order valence-corrected chi connectivity index (χ2v) is 28.1. The summed E-state index contributed by atoms with van der Waals surface area (Å²) in [5.74, 6) is -27.1. The normalized spacial score (nSPS) is 15.1. The number of phenolic OH excluding ortho intramolecular Hbond substituents is 1. The van der Waals surface area contributed by atoms with Crippen molar-refractivity contribution in [2.24, 2.45) is 11.7 Å². The van der Waals surface area contributed by atoms with Crippen LogP contribution in [0.25, 0.3) is 10.9 Å². The summed E-state index contributed by atoms with van der Waals surface area (Å²) in [5.41, 5.74) is 7.29. The molecule has 23 N–H and O–H groups in total. The maximum atomic E-state index is 14.9. The van der Waals surface area contributed by atoms with Gasteiger partial charge < -0.3 is 120 Å². The lowest BCUT2D eigenvalue weighted by atomic mass is 9.99. The van der Waals surface area contributed by atoms with Crippen LogP contribution in [0.2, 0.25) is 0 Å². The van der Waals surface area contributed by atoms with Crippen molar-refractivity contribution in [3.8, 4) is 5.75 Å². The summed E-state index contributed by atoms with van der Waals surface area (Å²) in [6.07, 6.45) is -9.10. The van der Waals surface area contributed by atoms with E-state index >= 15 is 0 Å². The predicted octanol–water partition coefficient (Wildman–Crippen LogP) is -3.41. The van der Waals surface area contributed by atoms with Gasteiger partial charge in [0.25, 0.3) is 0 Å². The molecule has 1 aliphatic rings. The van der Waals surface area contributed by atoms with Gasteiger partial charge in [-0.1, -0.05) is 74.5 Å². The lowest BCUT2D eigenvalue weighted by Crippen LogP contribution is -2.61. The Bertz CT molecular complexity index is 4330. The van der Waals surface area contributed by atoms with E-state index in [1.54, 1.807) is 56.3 Å². The molecule has 5 rings (SSSR count). The molecule has 1 aromatic heterocycles. The van der Waals surface area contributed by atoms with E-state index in [9.17, 15) is 137 Å². The molecule has 43 heteroatoms. The standard InChI is InChI=1S/C75H96N14O29/c1-37(2)29-49(67(109)83-48(75(117)118)22-27-61(100)101)85-70(112)52(32-40-35-77-44-12-7-6-11-42(40)44)88-66(108)46(20-25-59(96)97)80-68(110)50(30-38-9-4-3-5-10-38)86-69(111)51(31-39-14-16-41(90)17-15-39)87-71(113)53(33-62(102)103)79-56(91)36-78-65(107)45(19-24-58(94)95)81-73(115)55-13-8-28-89(55)74(116)47(21-26-60(98)99)82-72(114)54(34-63(104)105)84-64(106)43(76)18-23-57(92)93/h3-7,9-12,14-17,35,37,43,45-55,77,90H,8,13,18-34,36,76H2,1-2H3,(H,78,107)(H,79,91)(H,80,110)(H,81,115)(H,82,114)(H,83,109)(H,84,106)(H,85,112)(H,86,111)(H,87,113)(H,88,108)(H,92,93)(H,94,95)(H,96,97)(H,98,99)(H,100,101)(H,102,103)(H,104,105)(H,117,118)/t43-,45-,46-,47-,48-,49-,50-,51-,52-,53-,54-,55-/m0/s1. The number of aliphatic carboxylic acids is 8. The molecular weight excluding hydrogens is 1560 g/mol. The fourth-order valence-corrected chi connectivity index (χ4v) is 12.4. The van der Waals surface area contributed by atoms with Crippen LogP contribution in [0.4, 0.5) is 0 Å². The highest BCUT2D eigenvalue weighted by Crippen LogP contribution is 2.23. The van der Waals surface area contributed by atoms with E-state index in [0.29, 0.717) is 22.0 Å². The smallest absolute Gasteiger partial charge is 0.326 e. The molecule has 43 nitrogen and oxygen atoms in total. The summed E-state index contributed by atoms with van der Waals surface area (Å²) in [6, 6.07) is -1.75. The van der Waals surface area contributed by atoms with Gasteiger partial charge in [-0.2, -0.15) is 0 Å². The van der Waals surface area contributed by atoms with Crippen LogP contribution in [-0.2, 0) is 115 Å². The number of likely N-dealkylation sites (tertiary alicyclic amines) is 1. The van der Waals surface area contributed by atoms with E-state index in [4.69, 9.17) is 10.8 Å². The first-order chi connectivity index (χ1) is 55.7. The SMILES string of the molecule is CC(C)C[C@H](NC(=O)[C@H](Cc1c[nH]c2ccccc12)NC(=O)[C@H](CCC(=O)O)NC(=O)[C@H](Cc1ccccc1)NC(=O)[C@H](Cc1ccc(O)cc1)NC(=O)[C@H](CC(=O)O)NC(=O)CNC(=O)[C@H](CCC(=O)O)NC(=O)[C@@H]1CCCN1C(=O)[C@H](CCC(=O)O)NC(=O)[C@H](CC(=O)O)NC(=O)[C@@H](N)CCC(=O)O)C(=O)N[C@@H](CCC(=O)O)C(=O)O. The minimum Gasteiger partial charge on any atom is -0.508 e.